The second-order valence-electron chi connectivity index (χ2n) is 4.77. The van der Waals surface area contributed by atoms with Gasteiger partial charge in [-0.3, -0.25) is 0 Å². The number of nitrogens with one attached hydrogen (secondary N) is 1. The van der Waals surface area contributed by atoms with E-state index in [9.17, 15) is 0 Å². The third kappa shape index (κ3) is 4.06. The van der Waals surface area contributed by atoms with Gasteiger partial charge < -0.3 is 10.1 Å². The summed E-state index contributed by atoms with van der Waals surface area (Å²) in [6, 6.07) is 13.7. The molecule has 0 aliphatic rings. The van der Waals surface area contributed by atoms with Crippen LogP contribution < -0.4 is 10.1 Å². The molecule has 2 aromatic carbocycles. The van der Waals surface area contributed by atoms with Crippen molar-refractivity contribution < 1.29 is 4.74 Å². The third-order valence-electron chi connectivity index (χ3n) is 2.71. The van der Waals surface area contributed by atoms with Crippen molar-refractivity contribution in [3.63, 3.8) is 0 Å². The van der Waals surface area contributed by atoms with Crippen LogP contribution in [0.15, 0.2) is 42.5 Å². The Hall–Kier alpha value is -1.38. The molecule has 0 saturated heterocycles. The molecule has 0 saturated carbocycles. The van der Waals surface area contributed by atoms with Crippen molar-refractivity contribution in [2.24, 2.45) is 0 Å². The number of rotatable bonds is 5. The lowest BCUT2D eigenvalue weighted by Crippen LogP contribution is -2.07. The van der Waals surface area contributed by atoms with E-state index in [1.165, 1.54) is 5.56 Å². The van der Waals surface area contributed by atoms with Crippen molar-refractivity contribution in [2.75, 3.05) is 5.32 Å². The Bertz CT molecular complexity index is 570. The summed E-state index contributed by atoms with van der Waals surface area (Å²) >= 11 is 12.3. The molecule has 0 bridgehead atoms. The van der Waals surface area contributed by atoms with Gasteiger partial charge in [0.1, 0.15) is 5.75 Å². The van der Waals surface area contributed by atoms with Gasteiger partial charge in [0.15, 0.2) is 0 Å². The van der Waals surface area contributed by atoms with E-state index in [1.807, 2.05) is 38.1 Å². The predicted molar refractivity (Wildman–Crippen MR) is 86.0 cm³/mol. The highest BCUT2D eigenvalue weighted by atomic mass is 35.5. The molecule has 2 nitrogen and oxygen atoms in total. The van der Waals surface area contributed by atoms with E-state index in [0.717, 1.165) is 5.69 Å². The summed E-state index contributed by atoms with van der Waals surface area (Å²) in [5, 5.41) is 4.41. The second kappa shape index (κ2) is 6.87. The van der Waals surface area contributed by atoms with E-state index in [-0.39, 0.29) is 6.10 Å². The van der Waals surface area contributed by atoms with Crippen LogP contribution in [0.2, 0.25) is 10.0 Å². The predicted octanol–water partition coefficient (Wildman–Crippen LogP) is 5.39. The Labute approximate surface area is 129 Å². The molecule has 0 unspecified atom stereocenters. The molecule has 0 spiro atoms. The molecule has 0 amide bonds. The minimum absolute atomic E-state index is 0.0654. The van der Waals surface area contributed by atoms with Gasteiger partial charge in [-0.05, 0) is 25.5 Å². The molecular formula is C16H17Cl2NO. The largest absolute Gasteiger partial charge is 0.489 e. The fraction of sp³-hybridized carbons (Fsp3) is 0.250. The van der Waals surface area contributed by atoms with Gasteiger partial charge in [-0.25, -0.2) is 0 Å². The lowest BCUT2D eigenvalue weighted by molar-refractivity contribution is 0.242. The highest BCUT2D eigenvalue weighted by Gasteiger charge is 2.09. The first kappa shape index (κ1) is 15.0. The number of halogens is 2. The van der Waals surface area contributed by atoms with Crippen molar-refractivity contribution in [3.8, 4) is 5.75 Å². The summed E-state index contributed by atoms with van der Waals surface area (Å²) in [4.78, 5) is 0. The SMILES string of the molecule is CC(C)Oc1cc(NCc2ccccc2)c(Cl)cc1Cl. The van der Waals surface area contributed by atoms with Gasteiger partial charge in [0.25, 0.3) is 0 Å². The van der Waals surface area contributed by atoms with E-state index in [4.69, 9.17) is 27.9 Å². The monoisotopic (exact) mass is 309 g/mol. The van der Waals surface area contributed by atoms with E-state index in [0.29, 0.717) is 22.3 Å². The van der Waals surface area contributed by atoms with Gasteiger partial charge in [0, 0.05) is 12.6 Å². The first-order chi connectivity index (χ1) is 9.56. The van der Waals surface area contributed by atoms with Gasteiger partial charge in [-0.15, -0.1) is 0 Å². The van der Waals surface area contributed by atoms with E-state index < -0.39 is 0 Å². The summed E-state index contributed by atoms with van der Waals surface area (Å²) in [6.45, 7) is 4.62. The number of hydrogen-bond acceptors (Lipinski definition) is 2. The molecule has 0 radical (unpaired) electrons. The van der Waals surface area contributed by atoms with Crippen LogP contribution in [0.5, 0.6) is 5.75 Å². The molecule has 1 N–H and O–H groups in total. The molecule has 106 valence electrons. The van der Waals surface area contributed by atoms with Gasteiger partial charge in [0.2, 0.25) is 0 Å². The average molecular weight is 310 g/mol. The van der Waals surface area contributed by atoms with Crippen molar-refractivity contribution in [1.82, 2.24) is 0 Å². The highest BCUT2D eigenvalue weighted by Crippen LogP contribution is 2.35. The van der Waals surface area contributed by atoms with Crippen LogP contribution in [0.3, 0.4) is 0 Å². The lowest BCUT2D eigenvalue weighted by atomic mass is 10.2. The zero-order valence-corrected chi connectivity index (χ0v) is 13.0. The minimum atomic E-state index is 0.0654. The molecule has 0 fully saturated rings. The summed E-state index contributed by atoms with van der Waals surface area (Å²) in [7, 11) is 0. The smallest absolute Gasteiger partial charge is 0.140 e. The summed E-state index contributed by atoms with van der Waals surface area (Å²) < 4.78 is 5.66. The topological polar surface area (TPSA) is 21.3 Å². The normalized spacial score (nSPS) is 10.7. The van der Waals surface area contributed by atoms with E-state index >= 15 is 0 Å². The van der Waals surface area contributed by atoms with Crippen molar-refractivity contribution >= 4 is 28.9 Å². The van der Waals surface area contributed by atoms with Gasteiger partial charge in [0.05, 0.1) is 21.8 Å². The Morgan fingerprint density at radius 1 is 1.05 bits per heavy atom. The van der Waals surface area contributed by atoms with Crippen LogP contribution in [0.25, 0.3) is 0 Å². The fourth-order valence-electron chi connectivity index (χ4n) is 1.80. The molecule has 2 rings (SSSR count). The Kier molecular flexibility index (Phi) is 5.16. The molecule has 2 aromatic rings. The number of ether oxygens (including phenoxy) is 1. The molecule has 20 heavy (non-hydrogen) atoms. The van der Waals surface area contributed by atoms with Crippen molar-refractivity contribution in [3.05, 3.63) is 58.1 Å². The van der Waals surface area contributed by atoms with Crippen LogP contribution >= 0.6 is 23.2 Å². The summed E-state index contributed by atoms with van der Waals surface area (Å²) in [6.07, 6.45) is 0.0654. The third-order valence-corrected chi connectivity index (χ3v) is 3.32. The zero-order valence-electron chi connectivity index (χ0n) is 11.5. The van der Waals surface area contributed by atoms with Crippen molar-refractivity contribution in [1.29, 1.82) is 0 Å². The second-order valence-corrected chi connectivity index (χ2v) is 5.58. The molecule has 4 heteroatoms. The summed E-state index contributed by atoms with van der Waals surface area (Å²) in [5.74, 6) is 0.640. The number of hydrogen-bond donors (Lipinski definition) is 1. The Balaban J connectivity index is 2.14. The number of benzene rings is 2. The van der Waals surface area contributed by atoms with Crippen LogP contribution in [0, 0.1) is 0 Å². The Morgan fingerprint density at radius 2 is 1.75 bits per heavy atom. The van der Waals surface area contributed by atoms with Gasteiger partial charge in [-0.1, -0.05) is 53.5 Å². The number of anilines is 1. The van der Waals surface area contributed by atoms with E-state index in [1.54, 1.807) is 6.07 Å². The fourth-order valence-corrected chi connectivity index (χ4v) is 2.30. The van der Waals surface area contributed by atoms with Crippen LogP contribution in [-0.2, 0) is 6.54 Å². The Morgan fingerprint density at radius 3 is 2.40 bits per heavy atom. The van der Waals surface area contributed by atoms with Crippen LogP contribution in [0.1, 0.15) is 19.4 Å². The standard InChI is InChI=1S/C16H17Cl2NO/c1-11(2)20-16-9-15(13(17)8-14(16)18)19-10-12-6-4-3-5-7-12/h3-9,11,19H,10H2,1-2H3. The van der Waals surface area contributed by atoms with Gasteiger partial charge in [-0.2, -0.15) is 0 Å². The molecule has 0 aliphatic heterocycles. The average Bonchev–Trinajstić information content (AvgIpc) is 2.41. The first-order valence-corrected chi connectivity index (χ1v) is 7.25. The maximum atomic E-state index is 6.20. The lowest BCUT2D eigenvalue weighted by Gasteiger charge is -2.15. The summed E-state index contributed by atoms with van der Waals surface area (Å²) in [5.41, 5.74) is 2.00. The highest BCUT2D eigenvalue weighted by molar-refractivity contribution is 6.37. The maximum Gasteiger partial charge on any atom is 0.140 e. The molecule has 0 heterocycles. The molecular weight excluding hydrogens is 293 g/mol. The minimum Gasteiger partial charge on any atom is -0.489 e. The molecule has 0 aromatic heterocycles. The van der Waals surface area contributed by atoms with Crippen molar-refractivity contribution in [2.45, 2.75) is 26.5 Å². The first-order valence-electron chi connectivity index (χ1n) is 6.49. The molecule has 0 atom stereocenters. The van der Waals surface area contributed by atoms with Crippen LogP contribution in [-0.4, -0.2) is 6.10 Å². The van der Waals surface area contributed by atoms with Gasteiger partial charge >= 0.3 is 0 Å². The maximum absolute atomic E-state index is 6.20. The van der Waals surface area contributed by atoms with E-state index in [2.05, 4.69) is 17.4 Å². The zero-order chi connectivity index (χ0) is 14.5. The van der Waals surface area contributed by atoms with Crippen LogP contribution in [0.4, 0.5) is 5.69 Å². The quantitative estimate of drug-likeness (QED) is 0.799. The molecule has 0 aliphatic carbocycles.